The summed E-state index contributed by atoms with van der Waals surface area (Å²) >= 11 is 5.85. The molecule has 1 saturated heterocycles. The maximum Gasteiger partial charge on any atom is 0.418 e. The summed E-state index contributed by atoms with van der Waals surface area (Å²) in [6.07, 6.45) is 2.98. The summed E-state index contributed by atoms with van der Waals surface area (Å²) in [5.41, 5.74) is 2.91. The lowest BCUT2D eigenvalue weighted by atomic mass is 9.90. The highest BCUT2D eigenvalue weighted by atomic mass is 32.1. The van der Waals surface area contributed by atoms with E-state index in [0.29, 0.717) is 11.2 Å². The summed E-state index contributed by atoms with van der Waals surface area (Å²) in [6.45, 7) is 3.77. The van der Waals surface area contributed by atoms with Gasteiger partial charge in [-0.25, -0.2) is 0 Å². The van der Waals surface area contributed by atoms with Gasteiger partial charge in [-0.2, -0.15) is 13.2 Å². The van der Waals surface area contributed by atoms with E-state index in [1.807, 2.05) is 38.1 Å². The van der Waals surface area contributed by atoms with Crippen molar-refractivity contribution >= 4 is 17.3 Å². The van der Waals surface area contributed by atoms with Crippen molar-refractivity contribution in [1.82, 2.24) is 19.8 Å². The summed E-state index contributed by atoms with van der Waals surface area (Å²) < 4.78 is 43.4. The number of aromatic nitrogens is 2. The Balaban J connectivity index is 1.65. The molecule has 2 atom stereocenters. The molecule has 3 heterocycles. The average molecular weight is 499 g/mol. The first kappa shape index (κ1) is 23.9. The number of hydrogen-bond donors (Lipinski definition) is 1. The van der Waals surface area contributed by atoms with Crippen LogP contribution in [0, 0.1) is 13.8 Å². The smallest absolute Gasteiger partial charge is 0.352 e. The Morgan fingerprint density at radius 2 is 1.71 bits per heavy atom. The van der Waals surface area contributed by atoms with Crippen molar-refractivity contribution < 1.29 is 13.2 Å². The van der Waals surface area contributed by atoms with Crippen molar-refractivity contribution in [3.63, 3.8) is 0 Å². The molecule has 0 unspecified atom stereocenters. The summed E-state index contributed by atoms with van der Waals surface area (Å²) in [6, 6.07) is 13.6. The van der Waals surface area contributed by atoms with Crippen molar-refractivity contribution in [2.75, 3.05) is 0 Å². The Hall–Kier alpha value is -2.87. The van der Waals surface area contributed by atoms with Gasteiger partial charge < -0.3 is 14.8 Å². The molecule has 2 aromatic heterocycles. The molecule has 0 radical (unpaired) electrons. The lowest BCUT2D eigenvalue weighted by Crippen LogP contribution is -2.40. The second kappa shape index (κ2) is 9.30. The zero-order valence-corrected chi connectivity index (χ0v) is 20.7. The van der Waals surface area contributed by atoms with Crippen LogP contribution in [0.4, 0.5) is 13.2 Å². The molecule has 1 saturated carbocycles. The van der Waals surface area contributed by atoms with Crippen LogP contribution in [0.15, 0.2) is 54.7 Å². The number of para-hydroxylation sites is 1. The number of aryl methyl sites for hydroxylation is 1. The molecule has 0 spiro atoms. The van der Waals surface area contributed by atoms with E-state index in [-0.39, 0.29) is 17.8 Å². The molecule has 2 aliphatic rings. The Labute approximate surface area is 209 Å². The van der Waals surface area contributed by atoms with E-state index in [1.54, 1.807) is 22.9 Å². The van der Waals surface area contributed by atoms with Crippen molar-refractivity contribution in [2.24, 2.45) is 0 Å². The molecular formula is C27H29F3N4S. The number of benzene rings is 1. The number of nitrogens with zero attached hydrogens (tertiary/aromatic N) is 3. The first-order valence-electron chi connectivity index (χ1n) is 12.1. The molecule has 1 N–H and O–H groups in total. The van der Waals surface area contributed by atoms with Crippen LogP contribution in [0.3, 0.4) is 0 Å². The molecule has 5 rings (SSSR count). The minimum Gasteiger partial charge on any atom is -0.352 e. The number of thiocarbonyl (C=S) groups is 1. The fourth-order valence-corrected chi connectivity index (χ4v) is 6.21. The normalized spacial score (nSPS) is 21.4. The first-order chi connectivity index (χ1) is 16.8. The third-order valence-corrected chi connectivity index (χ3v) is 7.67. The molecule has 1 aliphatic heterocycles. The molecule has 1 aliphatic carbocycles. The number of pyridine rings is 1. The van der Waals surface area contributed by atoms with Gasteiger partial charge in [0.05, 0.1) is 29.0 Å². The molecule has 35 heavy (non-hydrogen) atoms. The van der Waals surface area contributed by atoms with Gasteiger partial charge in [0.1, 0.15) is 0 Å². The predicted molar refractivity (Wildman–Crippen MR) is 134 cm³/mol. The quantitative estimate of drug-likeness (QED) is 0.401. The van der Waals surface area contributed by atoms with Crippen LogP contribution in [0.25, 0.3) is 5.69 Å². The SMILES string of the molecule is Cc1cc([C@@H]2[C@H](c3ccccn3)NC(=S)N2C2CCCCC2)c(C)n1-c1ccccc1C(F)(F)F. The van der Waals surface area contributed by atoms with E-state index in [0.717, 1.165) is 54.4 Å². The van der Waals surface area contributed by atoms with Crippen molar-refractivity contribution in [3.8, 4) is 5.69 Å². The van der Waals surface area contributed by atoms with Crippen molar-refractivity contribution in [3.05, 3.63) is 82.9 Å². The van der Waals surface area contributed by atoms with Gasteiger partial charge in [-0.15, -0.1) is 0 Å². The van der Waals surface area contributed by atoms with E-state index in [9.17, 15) is 13.2 Å². The Kier molecular flexibility index (Phi) is 6.34. The molecular weight excluding hydrogens is 469 g/mol. The number of halogens is 3. The minimum atomic E-state index is -4.44. The van der Waals surface area contributed by atoms with Crippen LogP contribution in [0.5, 0.6) is 0 Å². The lowest BCUT2D eigenvalue weighted by molar-refractivity contribution is -0.137. The van der Waals surface area contributed by atoms with E-state index >= 15 is 0 Å². The van der Waals surface area contributed by atoms with Crippen LogP contribution in [-0.4, -0.2) is 25.6 Å². The second-order valence-electron chi connectivity index (χ2n) is 9.50. The Bertz CT molecular complexity index is 1210. The lowest BCUT2D eigenvalue weighted by Gasteiger charge is -2.37. The first-order valence-corrected chi connectivity index (χ1v) is 12.5. The van der Waals surface area contributed by atoms with Gasteiger partial charge in [-0.3, -0.25) is 4.98 Å². The number of rotatable bonds is 4. The van der Waals surface area contributed by atoms with Crippen LogP contribution in [0.2, 0.25) is 0 Å². The standard InChI is InChI=1S/C27H29F3N4S/c1-17-16-20(18(2)33(17)23-14-7-6-12-21(23)27(28,29)30)25-24(22-13-8-9-15-31-22)32-26(35)34(25)19-10-4-3-5-11-19/h6-9,12-16,19,24-25H,3-5,10-11H2,1-2H3,(H,32,35)/t24-,25+/m0/s1. The Morgan fingerprint density at radius 3 is 2.40 bits per heavy atom. The highest BCUT2D eigenvalue weighted by Gasteiger charge is 2.44. The maximum absolute atomic E-state index is 13.9. The molecule has 2 fully saturated rings. The largest absolute Gasteiger partial charge is 0.418 e. The van der Waals surface area contributed by atoms with Gasteiger partial charge in [0.2, 0.25) is 0 Å². The molecule has 4 nitrogen and oxygen atoms in total. The zero-order valence-electron chi connectivity index (χ0n) is 19.8. The van der Waals surface area contributed by atoms with Gasteiger partial charge in [0.25, 0.3) is 0 Å². The van der Waals surface area contributed by atoms with Gasteiger partial charge >= 0.3 is 6.18 Å². The summed E-state index contributed by atoms with van der Waals surface area (Å²) in [7, 11) is 0. The van der Waals surface area contributed by atoms with Gasteiger partial charge in [-0.1, -0.05) is 37.5 Å². The summed E-state index contributed by atoms with van der Waals surface area (Å²) in [4.78, 5) is 6.91. The second-order valence-corrected chi connectivity index (χ2v) is 9.89. The molecule has 1 aromatic carbocycles. The van der Waals surface area contributed by atoms with E-state index in [1.165, 1.54) is 12.5 Å². The minimum absolute atomic E-state index is 0.147. The monoisotopic (exact) mass is 498 g/mol. The van der Waals surface area contributed by atoms with Crippen LogP contribution < -0.4 is 5.32 Å². The fraction of sp³-hybridized carbons (Fsp3) is 0.407. The molecule has 8 heteroatoms. The van der Waals surface area contributed by atoms with Crippen molar-refractivity contribution in [1.29, 1.82) is 0 Å². The van der Waals surface area contributed by atoms with Crippen LogP contribution >= 0.6 is 12.2 Å². The number of hydrogen-bond acceptors (Lipinski definition) is 2. The van der Waals surface area contributed by atoms with E-state index < -0.39 is 11.7 Å². The van der Waals surface area contributed by atoms with E-state index in [4.69, 9.17) is 12.2 Å². The number of nitrogens with one attached hydrogen (secondary N) is 1. The van der Waals surface area contributed by atoms with Crippen LogP contribution in [-0.2, 0) is 6.18 Å². The molecule has 3 aromatic rings. The van der Waals surface area contributed by atoms with Gasteiger partial charge in [0, 0.05) is 23.6 Å². The average Bonchev–Trinajstić information content (AvgIpc) is 3.34. The highest BCUT2D eigenvalue weighted by molar-refractivity contribution is 7.80. The Morgan fingerprint density at radius 1 is 1.00 bits per heavy atom. The zero-order chi connectivity index (χ0) is 24.7. The fourth-order valence-electron chi connectivity index (χ4n) is 5.82. The topological polar surface area (TPSA) is 33.1 Å². The third-order valence-electron chi connectivity index (χ3n) is 7.34. The maximum atomic E-state index is 13.9. The summed E-state index contributed by atoms with van der Waals surface area (Å²) in [5.74, 6) is 0. The van der Waals surface area contributed by atoms with Crippen LogP contribution in [0.1, 0.15) is 72.4 Å². The van der Waals surface area contributed by atoms with Gasteiger partial charge in [-0.05, 0) is 74.8 Å². The summed E-state index contributed by atoms with van der Waals surface area (Å²) in [5, 5.41) is 4.20. The molecule has 184 valence electrons. The number of alkyl halides is 3. The van der Waals surface area contributed by atoms with Crippen molar-refractivity contribution in [2.45, 2.75) is 70.3 Å². The van der Waals surface area contributed by atoms with Gasteiger partial charge in [0.15, 0.2) is 5.11 Å². The molecule has 0 amide bonds. The highest BCUT2D eigenvalue weighted by Crippen LogP contribution is 2.45. The third kappa shape index (κ3) is 4.33. The van der Waals surface area contributed by atoms with E-state index in [2.05, 4.69) is 15.2 Å². The molecule has 0 bridgehead atoms. The predicted octanol–water partition coefficient (Wildman–Crippen LogP) is 6.81.